The Labute approximate surface area is 113 Å². The molecule has 5 nitrogen and oxygen atoms in total. The Hall–Kier alpha value is -2.21. The van der Waals surface area contributed by atoms with Gasteiger partial charge in [0.1, 0.15) is 4.88 Å². The summed E-state index contributed by atoms with van der Waals surface area (Å²) >= 11 is 1.30. The van der Waals surface area contributed by atoms with Gasteiger partial charge in [0.25, 0.3) is 5.69 Å². The number of ether oxygens (including phenoxy) is 1. The molecular formula is C13H11NO4S. The molecule has 0 bridgehead atoms. The maximum absolute atomic E-state index is 11.5. The molecule has 0 radical (unpaired) electrons. The van der Waals surface area contributed by atoms with Crippen LogP contribution in [0.25, 0.3) is 10.4 Å². The lowest BCUT2D eigenvalue weighted by Crippen LogP contribution is -2.01. The summed E-state index contributed by atoms with van der Waals surface area (Å²) in [6, 6.07) is 9.72. The van der Waals surface area contributed by atoms with Crippen LogP contribution in [-0.4, -0.2) is 17.5 Å². The molecule has 0 atom stereocenters. The van der Waals surface area contributed by atoms with Crippen LogP contribution in [0.1, 0.15) is 16.6 Å². The zero-order valence-electron chi connectivity index (χ0n) is 10.2. The van der Waals surface area contributed by atoms with Crippen LogP contribution >= 0.6 is 11.3 Å². The zero-order chi connectivity index (χ0) is 13.8. The SMILES string of the molecule is CCOC(=O)c1ccc(-c2ccc([N+](=O)[O-])cc2)s1. The van der Waals surface area contributed by atoms with Crippen LogP contribution < -0.4 is 0 Å². The van der Waals surface area contributed by atoms with Crippen molar-refractivity contribution in [2.75, 3.05) is 6.61 Å². The Balaban J connectivity index is 2.23. The summed E-state index contributed by atoms with van der Waals surface area (Å²) in [7, 11) is 0. The second kappa shape index (κ2) is 5.62. The van der Waals surface area contributed by atoms with Gasteiger partial charge in [-0.25, -0.2) is 4.79 Å². The topological polar surface area (TPSA) is 69.4 Å². The Morgan fingerprint density at radius 3 is 2.53 bits per heavy atom. The number of nitro groups is 1. The lowest BCUT2D eigenvalue weighted by Gasteiger charge is -1.98. The van der Waals surface area contributed by atoms with E-state index in [1.54, 1.807) is 31.2 Å². The van der Waals surface area contributed by atoms with E-state index in [-0.39, 0.29) is 11.7 Å². The molecule has 0 fully saturated rings. The quantitative estimate of drug-likeness (QED) is 0.487. The van der Waals surface area contributed by atoms with Gasteiger partial charge in [-0.15, -0.1) is 11.3 Å². The number of hydrogen-bond donors (Lipinski definition) is 0. The van der Waals surface area contributed by atoms with Gasteiger partial charge in [-0.1, -0.05) is 0 Å². The van der Waals surface area contributed by atoms with Crippen LogP contribution in [-0.2, 0) is 4.74 Å². The number of nitro benzene ring substituents is 1. The second-order valence-corrected chi connectivity index (χ2v) is 4.77. The molecule has 0 unspecified atom stereocenters. The summed E-state index contributed by atoms with van der Waals surface area (Å²) in [4.78, 5) is 23.0. The third-order valence-electron chi connectivity index (χ3n) is 2.45. The molecule has 0 saturated carbocycles. The van der Waals surface area contributed by atoms with Crippen molar-refractivity contribution in [2.24, 2.45) is 0 Å². The summed E-state index contributed by atoms with van der Waals surface area (Å²) in [6.45, 7) is 2.09. The first kappa shape index (κ1) is 13.2. The van der Waals surface area contributed by atoms with Gasteiger partial charge in [0, 0.05) is 17.0 Å². The fourth-order valence-corrected chi connectivity index (χ4v) is 2.46. The standard InChI is InChI=1S/C13H11NO4S/c1-2-18-13(15)12-8-7-11(19-12)9-3-5-10(6-4-9)14(16)17/h3-8H,2H2,1H3. The number of rotatable bonds is 4. The summed E-state index contributed by atoms with van der Waals surface area (Å²) in [5.41, 5.74) is 0.886. The minimum Gasteiger partial charge on any atom is -0.462 e. The van der Waals surface area contributed by atoms with Crippen LogP contribution in [0.2, 0.25) is 0 Å². The molecule has 1 heterocycles. The average molecular weight is 277 g/mol. The molecule has 0 aliphatic carbocycles. The van der Waals surface area contributed by atoms with Crippen molar-refractivity contribution < 1.29 is 14.5 Å². The van der Waals surface area contributed by atoms with Gasteiger partial charge in [-0.2, -0.15) is 0 Å². The number of benzene rings is 1. The van der Waals surface area contributed by atoms with Gasteiger partial charge in [0.05, 0.1) is 11.5 Å². The number of carbonyl (C=O) groups excluding carboxylic acids is 1. The maximum atomic E-state index is 11.5. The Morgan fingerprint density at radius 1 is 1.26 bits per heavy atom. The largest absolute Gasteiger partial charge is 0.462 e. The van der Waals surface area contributed by atoms with E-state index < -0.39 is 4.92 Å². The summed E-state index contributed by atoms with van der Waals surface area (Å²) in [5, 5.41) is 10.6. The lowest BCUT2D eigenvalue weighted by molar-refractivity contribution is -0.384. The summed E-state index contributed by atoms with van der Waals surface area (Å²) in [6.07, 6.45) is 0. The fourth-order valence-electron chi connectivity index (χ4n) is 1.55. The second-order valence-electron chi connectivity index (χ2n) is 3.69. The van der Waals surface area contributed by atoms with Gasteiger partial charge in [-0.05, 0) is 36.8 Å². The lowest BCUT2D eigenvalue weighted by atomic mass is 10.2. The van der Waals surface area contributed by atoms with Crippen LogP contribution in [0.4, 0.5) is 5.69 Å². The van der Waals surface area contributed by atoms with Crippen molar-refractivity contribution >= 4 is 23.0 Å². The number of hydrogen-bond acceptors (Lipinski definition) is 5. The molecule has 2 rings (SSSR count). The van der Waals surface area contributed by atoms with Crippen molar-refractivity contribution in [1.29, 1.82) is 0 Å². The van der Waals surface area contributed by atoms with Crippen LogP contribution in [0.3, 0.4) is 0 Å². The van der Waals surface area contributed by atoms with E-state index >= 15 is 0 Å². The van der Waals surface area contributed by atoms with Crippen LogP contribution in [0.5, 0.6) is 0 Å². The minimum absolute atomic E-state index is 0.0472. The summed E-state index contributed by atoms with van der Waals surface area (Å²) < 4.78 is 4.91. The van der Waals surface area contributed by atoms with E-state index in [1.807, 2.05) is 0 Å². The molecule has 1 aromatic heterocycles. The van der Waals surface area contributed by atoms with Crippen molar-refractivity contribution in [3.63, 3.8) is 0 Å². The highest BCUT2D eigenvalue weighted by atomic mass is 32.1. The molecule has 0 aliphatic rings. The first-order valence-electron chi connectivity index (χ1n) is 5.63. The molecule has 98 valence electrons. The first-order chi connectivity index (χ1) is 9.11. The molecule has 0 N–H and O–H groups in total. The molecule has 0 spiro atoms. The molecule has 6 heteroatoms. The number of thiophene rings is 1. The highest BCUT2D eigenvalue weighted by Crippen LogP contribution is 2.29. The first-order valence-corrected chi connectivity index (χ1v) is 6.45. The Bertz CT molecular complexity index is 603. The molecule has 0 amide bonds. The maximum Gasteiger partial charge on any atom is 0.348 e. The Kier molecular flexibility index (Phi) is 3.91. The monoisotopic (exact) mass is 277 g/mol. The fraction of sp³-hybridized carbons (Fsp3) is 0.154. The van der Waals surface area contributed by atoms with Crippen molar-refractivity contribution in [3.05, 3.63) is 51.4 Å². The summed E-state index contributed by atoms with van der Waals surface area (Å²) in [5.74, 6) is -0.347. The Morgan fingerprint density at radius 2 is 1.95 bits per heavy atom. The normalized spacial score (nSPS) is 10.2. The van der Waals surface area contributed by atoms with Crippen LogP contribution in [0.15, 0.2) is 36.4 Å². The number of nitrogens with zero attached hydrogens (tertiary/aromatic N) is 1. The van der Waals surface area contributed by atoms with Crippen molar-refractivity contribution in [2.45, 2.75) is 6.92 Å². The van der Waals surface area contributed by atoms with E-state index in [4.69, 9.17) is 4.74 Å². The minimum atomic E-state index is -0.442. The van der Waals surface area contributed by atoms with Gasteiger partial charge < -0.3 is 4.74 Å². The predicted octanol–water partition coefficient (Wildman–Crippen LogP) is 3.50. The van der Waals surface area contributed by atoms with E-state index in [1.165, 1.54) is 23.5 Å². The predicted molar refractivity (Wildman–Crippen MR) is 72.4 cm³/mol. The zero-order valence-corrected chi connectivity index (χ0v) is 11.0. The van der Waals surface area contributed by atoms with Crippen molar-refractivity contribution in [1.82, 2.24) is 0 Å². The highest BCUT2D eigenvalue weighted by molar-refractivity contribution is 7.17. The molecule has 0 aliphatic heterocycles. The molecular weight excluding hydrogens is 266 g/mol. The van der Waals surface area contributed by atoms with Gasteiger partial charge in [-0.3, -0.25) is 10.1 Å². The van der Waals surface area contributed by atoms with E-state index in [2.05, 4.69) is 0 Å². The van der Waals surface area contributed by atoms with Crippen LogP contribution in [0, 0.1) is 10.1 Å². The number of non-ortho nitro benzene ring substituents is 1. The van der Waals surface area contributed by atoms with Crippen molar-refractivity contribution in [3.8, 4) is 10.4 Å². The molecule has 1 aromatic carbocycles. The third kappa shape index (κ3) is 2.97. The van der Waals surface area contributed by atoms with Gasteiger partial charge in [0.2, 0.25) is 0 Å². The van der Waals surface area contributed by atoms with E-state index in [9.17, 15) is 14.9 Å². The molecule has 19 heavy (non-hydrogen) atoms. The molecule has 0 saturated heterocycles. The number of esters is 1. The average Bonchev–Trinajstić information content (AvgIpc) is 2.89. The highest BCUT2D eigenvalue weighted by Gasteiger charge is 2.12. The van der Waals surface area contributed by atoms with E-state index in [0.29, 0.717) is 11.5 Å². The third-order valence-corrected chi connectivity index (χ3v) is 3.56. The van der Waals surface area contributed by atoms with E-state index in [0.717, 1.165) is 10.4 Å². The van der Waals surface area contributed by atoms with Gasteiger partial charge >= 0.3 is 5.97 Å². The smallest absolute Gasteiger partial charge is 0.348 e. The molecule has 2 aromatic rings. The number of carbonyl (C=O) groups is 1. The van der Waals surface area contributed by atoms with Gasteiger partial charge in [0.15, 0.2) is 0 Å².